The number of benzene rings is 1. The predicted molar refractivity (Wildman–Crippen MR) is 78.0 cm³/mol. The van der Waals surface area contributed by atoms with Crippen molar-refractivity contribution in [3.63, 3.8) is 0 Å². The van der Waals surface area contributed by atoms with Gasteiger partial charge >= 0.3 is 0 Å². The van der Waals surface area contributed by atoms with Crippen LogP contribution >= 0.6 is 15.9 Å². The maximum atomic E-state index is 13.8. The van der Waals surface area contributed by atoms with Crippen molar-refractivity contribution in [1.29, 1.82) is 0 Å². The molecular weight excluding hydrogens is 327 g/mol. The van der Waals surface area contributed by atoms with Gasteiger partial charge in [0.1, 0.15) is 17.4 Å². The van der Waals surface area contributed by atoms with E-state index >= 15 is 0 Å². The van der Waals surface area contributed by atoms with Gasteiger partial charge in [-0.15, -0.1) is 0 Å². The third-order valence-electron chi connectivity index (χ3n) is 3.45. The zero-order chi connectivity index (χ0) is 15.2. The number of rotatable bonds is 1. The largest absolute Gasteiger partial charge is 0.340 e. The van der Waals surface area contributed by atoms with E-state index in [9.17, 15) is 14.0 Å². The molecule has 20 heavy (non-hydrogen) atoms. The number of aryl methyl sites for hydroxylation is 1. The van der Waals surface area contributed by atoms with Crippen LogP contribution in [0.3, 0.4) is 0 Å². The summed E-state index contributed by atoms with van der Waals surface area (Å²) in [5.41, 5.74) is 0.148. The zero-order valence-electron chi connectivity index (χ0n) is 11.8. The molecule has 1 aromatic rings. The van der Waals surface area contributed by atoms with Gasteiger partial charge in [-0.05, 0) is 61.3 Å². The predicted octanol–water partition coefficient (Wildman–Crippen LogP) is 2.53. The van der Waals surface area contributed by atoms with Gasteiger partial charge in [0.25, 0.3) is 5.91 Å². The summed E-state index contributed by atoms with van der Waals surface area (Å²) in [6.07, 6.45) is 0. The van der Waals surface area contributed by atoms with Crippen molar-refractivity contribution in [2.75, 3.05) is 4.90 Å². The Bertz CT molecular complexity index is 601. The van der Waals surface area contributed by atoms with E-state index in [1.54, 1.807) is 33.8 Å². The van der Waals surface area contributed by atoms with Crippen molar-refractivity contribution in [2.45, 2.75) is 39.3 Å². The Labute approximate surface area is 125 Å². The number of hydrogen-bond donors (Lipinski definition) is 1. The minimum atomic E-state index is -1.00. The van der Waals surface area contributed by atoms with Crippen molar-refractivity contribution < 1.29 is 14.0 Å². The minimum Gasteiger partial charge on any atom is -0.340 e. The van der Waals surface area contributed by atoms with E-state index in [1.807, 2.05) is 0 Å². The monoisotopic (exact) mass is 342 g/mol. The zero-order valence-corrected chi connectivity index (χ0v) is 13.3. The maximum absolute atomic E-state index is 13.8. The lowest BCUT2D eigenvalue weighted by Gasteiger charge is -2.42. The van der Waals surface area contributed by atoms with E-state index in [0.29, 0.717) is 10.2 Å². The molecule has 0 saturated carbocycles. The second-order valence-corrected chi connectivity index (χ2v) is 6.37. The molecule has 1 saturated heterocycles. The van der Waals surface area contributed by atoms with Crippen LogP contribution in [0.25, 0.3) is 0 Å². The number of halogens is 2. The SMILES string of the molecule is Cc1cc(Br)c(F)cc1N1C(=O)C(C)(C)NC(=O)C1C. The molecule has 1 aliphatic heterocycles. The van der Waals surface area contributed by atoms with Crippen LogP contribution in [-0.2, 0) is 9.59 Å². The number of nitrogens with one attached hydrogen (secondary N) is 1. The fourth-order valence-electron chi connectivity index (χ4n) is 2.27. The maximum Gasteiger partial charge on any atom is 0.252 e. The Hall–Kier alpha value is -1.43. The number of nitrogens with zero attached hydrogens (tertiary/aromatic N) is 1. The third kappa shape index (κ3) is 2.32. The highest BCUT2D eigenvalue weighted by atomic mass is 79.9. The Morgan fingerprint density at radius 2 is 1.95 bits per heavy atom. The number of carbonyl (C=O) groups is 2. The Morgan fingerprint density at radius 1 is 1.35 bits per heavy atom. The van der Waals surface area contributed by atoms with Gasteiger partial charge in [-0.2, -0.15) is 0 Å². The molecule has 0 aliphatic carbocycles. The molecule has 0 aromatic heterocycles. The molecule has 1 fully saturated rings. The van der Waals surface area contributed by atoms with Crippen LogP contribution in [0, 0.1) is 12.7 Å². The molecule has 1 atom stereocenters. The molecule has 1 N–H and O–H groups in total. The van der Waals surface area contributed by atoms with Crippen molar-refractivity contribution in [3.05, 3.63) is 28.0 Å². The fourth-order valence-corrected chi connectivity index (χ4v) is 2.73. The van der Waals surface area contributed by atoms with Crippen molar-refractivity contribution in [2.24, 2.45) is 0 Å². The average Bonchev–Trinajstić information content (AvgIpc) is 2.33. The van der Waals surface area contributed by atoms with Crippen molar-refractivity contribution in [3.8, 4) is 0 Å². The Balaban J connectivity index is 2.57. The number of amides is 2. The highest BCUT2D eigenvalue weighted by Crippen LogP contribution is 2.31. The quantitative estimate of drug-likeness (QED) is 0.852. The molecule has 1 aromatic carbocycles. The molecule has 108 valence electrons. The van der Waals surface area contributed by atoms with Gasteiger partial charge in [0.05, 0.1) is 10.2 Å². The van der Waals surface area contributed by atoms with E-state index < -0.39 is 17.4 Å². The van der Waals surface area contributed by atoms with Gasteiger partial charge in [0.15, 0.2) is 0 Å². The average molecular weight is 343 g/mol. The first-order valence-corrected chi connectivity index (χ1v) is 7.06. The topological polar surface area (TPSA) is 49.4 Å². The molecule has 1 unspecified atom stereocenters. The van der Waals surface area contributed by atoms with Gasteiger partial charge in [-0.3, -0.25) is 14.5 Å². The van der Waals surface area contributed by atoms with E-state index in [4.69, 9.17) is 0 Å². The fraction of sp³-hybridized carbons (Fsp3) is 0.429. The van der Waals surface area contributed by atoms with Crippen molar-refractivity contribution in [1.82, 2.24) is 5.32 Å². The van der Waals surface area contributed by atoms with Crippen LogP contribution in [0.4, 0.5) is 10.1 Å². The van der Waals surface area contributed by atoms with Crippen LogP contribution in [0.2, 0.25) is 0 Å². The first-order chi connectivity index (χ1) is 9.15. The molecule has 0 bridgehead atoms. The van der Waals surface area contributed by atoms with Gasteiger partial charge in [0.2, 0.25) is 5.91 Å². The summed E-state index contributed by atoms with van der Waals surface area (Å²) in [7, 11) is 0. The van der Waals surface area contributed by atoms with Gasteiger partial charge in [0, 0.05) is 0 Å². The first-order valence-electron chi connectivity index (χ1n) is 6.26. The van der Waals surface area contributed by atoms with E-state index in [-0.39, 0.29) is 11.8 Å². The molecule has 1 aliphatic rings. The number of carbonyl (C=O) groups excluding carboxylic acids is 2. The van der Waals surface area contributed by atoms with E-state index in [2.05, 4.69) is 21.2 Å². The van der Waals surface area contributed by atoms with Gasteiger partial charge in [-0.1, -0.05) is 0 Å². The van der Waals surface area contributed by atoms with Crippen LogP contribution in [0.5, 0.6) is 0 Å². The summed E-state index contributed by atoms with van der Waals surface area (Å²) in [4.78, 5) is 25.9. The summed E-state index contributed by atoms with van der Waals surface area (Å²) in [5.74, 6) is -0.971. The first kappa shape index (κ1) is 15.0. The normalized spacial score (nSPS) is 21.9. The molecule has 4 nitrogen and oxygen atoms in total. The molecule has 6 heteroatoms. The van der Waals surface area contributed by atoms with Crippen LogP contribution in [-0.4, -0.2) is 23.4 Å². The molecule has 2 amide bonds. The smallest absolute Gasteiger partial charge is 0.252 e. The summed E-state index contributed by atoms with van der Waals surface area (Å²) in [6.45, 7) is 6.67. The molecule has 2 rings (SSSR count). The van der Waals surface area contributed by atoms with E-state index in [0.717, 1.165) is 5.56 Å². The Morgan fingerprint density at radius 3 is 2.55 bits per heavy atom. The van der Waals surface area contributed by atoms with Gasteiger partial charge in [-0.25, -0.2) is 4.39 Å². The number of anilines is 1. The van der Waals surface area contributed by atoms with Crippen molar-refractivity contribution >= 4 is 33.4 Å². The standard InChI is InChI=1S/C14H16BrFN2O2/c1-7-5-9(15)10(16)6-11(7)18-8(2)12(19)17-14(3,4)13(18)20/h5-6,8H,1-4H3,(H,17,19). The molecule has 0 spiro atoms. The van der Waals surface area contributed by atoms with Gasteiger partial charge < -0.3 is 5.32 Å². The van der Waals surface area contributed by atoms with E-state index in [1.165, 1.54) is 11.0 Å². The van der Waals surface area contributed by atoms with Crippen LogP contribution in [0.1, 0.15) is 26.3 Å². The Kier molecular flexibility index (Phi) is 3.62. The number of hydrogen-bond acceptors (Lipinski definition) is 2. The lowest BCUT2D eigenvalue weighted by atomic mass is 9.96. The van der Waals surface area contributed by atoms with Crippen LogP contribution < -0.4 is 10.2 Å². The second-order valence-electron chi connectivity index (χ2n) is 5.52. The summed E-state index contributed by atoms with van der Waals surface area (Å²) >= 11 is 3.11. The third-order valence-corrected chi connectivity index (χ3v) is 4.06. The lowest BCUT2D eigenvalue weighted by molar-refractivity contribution is -0.136. The highest BCUT2D eigenvalue weighted by Gasteiger charge is 2.44. The second kappa shape index (κ2) is 4.84. The summed E-state index contributed by atoms with van der Waals surface area (Å²) in [5, 5.41) is 2.67. The van der Waals surface area contributed by atoms with Crippen LogP contribution in [0.15, 0.2) is 16.6 Å². The summed E-state index contributed by atoms with van der Waals surface area (Å²) < 4.78 is 14.1. The summed E-state index contributed by atoms with van der Waals surface area (Å²) in [6, 6.07) is 2.21. The minimum absolute atomic E-state index is 0.252. The highest BCUT2D eigenvalue weighted by molar-refractivity contribution is 9.10. The number of piperazine rings is 1. The molecule has 1 heterocycles. The molecule has 0 radical (unpaired) electrons. The molecular formula is C14H16BrFN2O2. The lowest BCUT2D eigenvalue weighted by Crippen LogP contribution is -2.67.